The highest BCUT2D eigenvalue weighted by Gasteiger charge is 2.30. The van der Waals surface area contributed by atoms with Gasteiger partial charge in [-0.15, -0.1) is 0 Å². The summed E-state index contributed by atoms with van der Waals surface area (Å²) in [6, 6.07) is 0. The number of ether oxygens (including phenoxy) is 3. The second-order valence-corrected chi connectivity index (χ2v) is 5.49. The van der Waals surface area contributed by atoms with Gasteiger partial charge in [0.2, 0.25) is 0 Å². The van der Waals surface area contributed by atoms with Crippen LogP contribution in [0, 0.1) is 0 Å². The average molecular weight is 274 g/mol. The van der Waals surface area contributed by atoms with Crippen molar-refractivity contribution in [1.82, 2.24) is 0 Å². The summed E-state index contributed by atoms with van der Waals surface area (Å²) in [4.78, 5) is 11.7. The summed E-state index contributed by atoms with van der Waals surface area (Å²) >= 11 is 0. The fourth-order valence-corrected chi connectivity index (χ4v) is 1.40. The molecule has 0 radical (unpaired) electrons. The van der Waals surface area contributed by atoms with Crippen molar-refractivity contribution in [2.45, 2.75) is 72.0 Å². The van der Waals surface area contributed by atoms with Gasteiger partial charge in [-0.1, -0.05) is 13.3 Å². The van der Waals surface area contributed by atoms with Crippen LogP contribution in [0.15, 0.2) is 0 Å². The minimum absolute atomic E-state index is 0.109. The van der Waals surface area contributed by atoms with Gasteiger partial charge in [-0.2, -0.15) is 0 Å². The van der Waals surface area contributed by atoms with Gasteiger partial charge in [-0.3, -0.25) is 0 Å². The van der Waals surface area contributed by atoms with Crippen LogP contribution in [0.1, 0.15) is 60.3 Å². The molecule has 0 aliphatic rings. The first-order valence-electron chi connectivity index (χ1n) is 7.33. The zero-order valence-electron chi connectivity index (χ0n) is 13.2. The van der Waals surface area contributed by atoms with E-state index in [2.05, 4.69) is 6.92 Å². The molecule has 0 spiro atoms. The summed E-state index contributed by atoms with van der Waals surface area (Å²) in [7, 11) is 0. The van der Waals surface area contributed by atoms with Crippen LogP contribution in [0.2, 0.25) is 0 Å². The Balaban J connectivity index is 3.61. The first-order valence-corrected chi connectivity index (χ1v) is 7.33. The molecule has 0 fully saturated rings. The van der Waals surface area contributed by atoms with Gasteiger partial charge in [-0.25, -0.2) is 4.79 Å². The minimum atomic E-state index is -0.868. The lowest BCUT2D eigenvalue weighted by Crippen LogP contribution is -2.38. The fraction of sp³-hybridized carbons (Fsp3) is 0.933. The molecule has 0 saturated carbocycles. The number of hydrogen-bond acceptors (Lipinski definition) is 4. The molecular formula is C15H30O4. The Kier molecular flexibility index (Phi) is 9.88. The Morgan fingerprint density at radius 1 is 1.05 bits per heavy atom. The van der Waals surface area contributed by atoms with Crippen molar-refractivity contribution in [3.8, 4) is 0 Å². The molecule has 0 aliphatic carbocycles. The normalized spacial score (nSPS) is 11.9. The van der Waals surface area contributed by atoms with E-state index in [4.69, 9.17) is 14.2 Å². The van der Waals surface area contributed by atoms with E-state index >= 15 is 0 Å². The van der Waals surface area contributed by atoms with Crippen molar-refractivity contribution in [1.29, 1.82) is 0 Å². The molecule has 0 unspecified atom stereocenters. The topological polar surface area (TPSA) is 44.8 Å². The summed E-state index contributed by atoms with van der Waals surface area (Å²) in [6.45, 7) is 11.5. The molecule has 19 heavy (non-hydrogen) atoms. The van der Waals surface area contributed by atoms with E-state index in [1.807, 2.05) is 13.8 Å². The van der Waals surface area contributed by atoms with Gasteiger partial charge >= 0.3 is 5.97 Å². The second-order valence-electron chi connectivity index (χ2n) is 5.49. The maximum atomic E-state index is 11.7. The molecule has 0 heterocycles. The molecule has 0 bridgehead atoms. The van der Waals surface area contributed by atoms with E-state index in [0.717, 1.165) is 38.9 Å². The molecule has 4 heteroatoms. The third-order valence-electron chi connectivity index (χ3n) is 2.62. The van der Waals surface area contributed by atoms with E-state index < -0.39 is 5.60 Å². The summed E-state index contributed by atoms with van der Waals surface area (Å²) < 4.78 is 16.2. The summed E-state index contributed by atoms with van der Waals surface area (Å²) in [5.74, 6) is -0.304. The van der Waals surface area contributed by atoms with E-state index in [0.29, 0.717) is 6.61 Å². The molecule has 0 saturated heterocycles. The fourth-order valence-electron chi connectivity index (χ4n) is 1.40. The first-order chi connectivity index (χ1) is 8.90. The van der Waals surface area contributed by atoms with E-state index in [1.54, 1.807) is 13.8 Å². The molecule has 0 aromatic heterocycles. The quantitative estimate of drug-likeness (QED) is 0.428. The third-order valence-corrected chi connectivity index (χ3v) is 2.62. The van der Waals surface area contributed by atoms with E-state index in [9.17, 15) is 4.79 Å². The van der Waals surface area contributed by atoms with Gasteiger partial charge in [-0.05, 0) is 47.0 Å². The van der Waals surface area contributed by atoms with Crippen LogP contribution >= 0.6 is 0 Å². The van der Waals surface area contributed by atoms with Crippen molar-refractivity contribution in [3.05, 3.63) is 0 Å². The maximum absolute atomic E-state index is 11.7. The zero-order chi connectivity index (χ0) is 14.7. The number of rotatable bonds is 11. The monoisotopic (exact) mass is 274 g/mol. The highest BCUT2D eigenvalue weighted by Crippen LogP contribution is 2.13. The van der Waals surface area contributed by atoms with Crippen LogP contribution in [0.25, 0.3) is 0 Å². The van der Waals surface area contributed by atoms with Crippen LogP contribution in [-0.4, -0.2) is 37.5 Å². The molecule has 4 nitrogen and oxygen atoms in total. The Morgan fingerprint density at radius 3 is 2.21 bits per heavy atom. The van der Waals surface area contributed by atoms with Gasteiger partial charge in [0.1, 0.15) is 0 Å². The molecule has 0 aliphatic heterocycles. The molecule has 0 atom stereocenters. The summed E-state index contributed by atoms with van der Waals surface area (Å²) in [6.07, 6.45) is 4.02. The number of unbranched alkanes of at least 4 members (excludes halogenated alkanes) is 2. The first kappa shape index (κ1) is 18.4. The number of carbonyl (C=O) groups is 1. The third kappa shape index (κ3) is 9.91. The highest BCUT2D eigenvalue weighted by molar-refractivity contribution is 5.78. The molecular weight excluding hydrogens is 244 g/mol. The molecule has 0 aromatic carbocycles. The molecule has 0 rings (SSSR count). The Labute approximate surface area is 117 Å². The largest absolute Gasteiger partial charge is 0.461 e. The SMILES string of the molecule is CCCCOCCCCOC(C)(C)C(=O)OC(C)C. The van der Waals surface area contributed by atoms with E-state index in [1.165, 1.54) is 0 Å². The van der Waals surface area contributed by atoms with Gasteiger partial charge in [0, 0.05) is 19.8 Å². The number of carbonyl (C=O) groups excluding carboxylic acids is 1. The number of hydrogen-bond donors (Lipinski definition) is 0. The van der Waals surface area contributed by atoms with Crippen molar-refractivity contribution in [2.24, 2.45) is 0 Å². The molecule has 0 amide bonds. The van der Waals surface area contributed by atoms with Crippen molar-refractivity contribution >= 4 is 5.97 Å². The van der Waals surface area contributed by atoms with E-state index in [-0.39, 0.29) is 12.1 Å². The van der Waals surface area contributed by atoms with Gasteiger partial charge in [0.25, 0.3) is 0 Å². The summed E-state index contributed by atoms with van der Waals surface area (Å²) in [5.41, 5.74) is -0.868. The van der Waals surface area contributed by atoms with Crippen molar-refractivity contribution in [2.75, 3.05) is 19.8 Å². The Hall–Kier alpha value is -0.610. The maximum Gasteiger partial charge on any atom is 0.338 e. The molecule has 0 aromatic rings. The smallest absolute Gasteiger partial charge is 0.338 e. The molecule has 0 N–H and O–H groups in total. The predicted molar refractivity (Wildman–Crippen MR) is 76.2 cm³/mol. The molecule has 114 valence electrons. The average Bonchev–Trinajstić information content (AvgIpc) is 2.31. The van der Waals surface area contributed by atoms with Crippen LogP contribution in [-0.2, 0) is 19.0 Å². The lowest BCUT2D eigenvalue weighted by Gasteiger charge is -2.24. The van der Waals surface area contributed by atoms with Gasteiger partial charge in [0.15, 0.2) is 5.60 Å². The number of esters is 1. The standard InChI is InChI=1S/C15H30O4/c1-6-7-10-17-11-8-9-12-18-15(4,5)14(16)19-13(2)3/h13H,6-12H2,1-5H3. The van der Waals surface area contributed by atoms with Crippen LogP contribution < -0.4 is 0 Å². The zero-order valence-corrected chi connectivity index (χ0v) is 13.2. The predicted octanol–water partition coefficient (Wildman–Crippen LogP) is 3.33. The lowest BCUT2D eigenvalue weighted by molar-refractivity contribution is -0.172. The Bertz CT molecular complexity index is 236. The lowest BCUT2D eigenvalue weighted by atomic mass is 10.1. The van der Waals surface area contributed by atoms with Crippen LogP contribution in [0.5, 0.6) is 0 Å². The van der Waals surface area contributed by atoms with Crippen molar-refractivity contribution in [3.63, 3.8) is 0 Å². The minimum Gasteiger partial charge on any atom is -0.461 e. The van der Waals surface area contributed by atoms with Crippen LogP contribution in [0.4, 0.5) is 0 Å². The van der Waals surface area contributed by atoms with Crippen molar-refractivity contribution < 1.29 is 19.0 Å². The van der Waals surface area contributed by atoms with Gasteiger partial charge < -0.3 is 14.2 Å². The summed E-state index contributed by atoms with van der Waals surface area (Å²) in [5, 5.41) is 0. The highest BCUT2D eigenvalue weighted by atomic mass is 16.6. The Morgan fingerprint density at radius 2 is 1.63 bits per heavy atom. The van der Waals surface area contributed by atoms with Gasteiger partial charge in [0.05, 0.1) is 6.10 Å². The second kappa shape index (κ2) is 10.2. The van der Waals surface area contributed by atoms with Crippen LogP contribution in [0.3, 0.4) is 0 Å².